The largest absolute Gasteiger partial charge is 0.311 e. The zero-order valence-electron chi connectivity index (χ0n) is 16.7. The second-order valence-corrected chi connectivity index (χ2v) is 9.30. The fourth-order valence-corrected chi connectivity index (χ4v) is 5.95. The van der Waals surface area contributed by atoms with Crippen molar-refractivity contribution < 1.29 is 18.4 Å². The van der Waals surface area contributed by atoms with Crippen molar-refractivity contribution in [2.24, 2.45) is 0 Å². The monoisotopic (exact) mass is 470 g/mol. The molecule has 4 nitrogen and oxygen atoms in total. The van der Waals surface area contributed by atoms with Crippen LogP contribution in [0.4, 0.5) is 14.5 Å². The third-order valence-electron chi connectivity index (χ3n) is 5.79. The first-order valence-corrected chi connectivity index (χ1v) is 11.4. The molecule has 2 amide bonds. The third-order valence-corrected chi connectivity index (χ3v) is 7.45. The maximum Gasteiger partial charge on any atom is 0.268 e. The van der Waals surface area contributed by atoms with E-state index in [2.05, 4.69) is 0 Å². The molecule has 0 saturated carbocycles. The van der Waals surface area contributed by atoms with E-state index in [4.69, 9.17) is 11.6 Å². The highest BCUT2D eigenvalue weighted by Gasteiger charge is 2.59. The Morgan fingerprint density at radius 1 is 1.03 bits per heavy atom. The number of rotatable bonds is 3. The van der Waals surface area contributed by atoms with Crippen LogP contribution in [0, 0.1) is 11.6 Å². The van der Waals surface area contributed by atoms with Gasteiger partial charge in [-0.1, -0.05) is 41.9 Å². The molecule has 2 heterocycles. The lowest BCUT2D eigenvalue weighted by molar-refractivity contribution is -0.123. The molecule has 3 aromatic carbocycles. The van der Waals surface area contributed by atoms with Crippen molar-refractivity contribution in [2.75, 3.05) is 17.2 Å². The maximum atomic E-state index is 14.4. The van der Waals surface area contributed by atoms with Gasteiger partial charge in [-0.2, -0.15) is 0 Å². The van der Waals surface area contributed by atoms with Crippen LogP contribution in [0.15, 0.2) is 66.7 Å². The van der Waals surface area contributed by atoms with E-state index in [-0.39, 0.29) is 24.6 Å². The fourth-order valence-electron chi connectivity index (χ4n) is 4.32. The highest BCUT2D eigenvalue weighted by molar-refractivity contribution is 8.01. The molecule has 5 rings (SSSR count). The molecular weight excluding hydrogens is 454 g/mol. The van der Waals surface area contributed by atoms with Crippen molar-refractivity contribution in [3.05, 3.63) is 100 Å². The van der Waals surface area contributed by atoms with Crippen molar-refractivity contribution in [2.45, 2.75) is 11.4 Å². The Labute approximate surface area is 192 Å². The van der Waals surface area contributed by atoms with Crippen LogP contribution >= 0.6 is 23.4 Å². The van der Waals surface area contributed by atoms with Crippen molar-refractivity contribution in [3.63, 3.8) is 0 Å². The second-order valence-electron chi connectivity index (χ2n) is 7.57. The number of benzene rings is 3. The summed E-state index contributed by atoms with van der Waals surface area (Å²) in [5.41, 5.74) is 1.37. The molecule has 2 aliphatic rings. The number of nitrogens with zero attached hydrogens (tertiary/aromatic N) is 2. The average molecular weight is 471 g/mol. The molecule has 162 valence electrons. The molecule has 0 N–H and O–H groups in total. The minimum Gasteiger partial charge on any atom is -0.311 e. The van der Waals surface area contributed by atoms with Crippen LogP contribution < -0.4 is 4.90 Å². The first-order chi connectivity index (χ1) is 15.4. The summed E-state index contributed by atoms with van der Waals surface area (Å²) in [6.07, 6.45) is 0. The lowest BCUT2D eigenvalue weighted by Crippen LogP contribution is -2.50. The summed E-state index contributed by atoms with van der Waals surface area (Å²) in [5, 5.41) is 0.412. The first kappa shape index (κ1) is 21.0. The van der Waals surface area contributed by atoms with Gasteiger partial charge in [-0.25, -0.2) is 8.78 Å². The van der Waals surface area contributed by atoms with E-state index in [9.17, 15) is 18.4 Å². The molecule has 3 aromatic rings. The lowest BCUT2D eigenvalue weighted by Gasteiger charge is -2.33. The minimum absolute atomic E-state index is 0.00414. The van der Waals surface area contributed by atoms with Crippen LogP contribution in [-0.4, -0.2) is 29.0 Å². The van der Waals surface area contributed by atoms with Crippen LogP contribution in [0.2, 0.25) is 5.02 Å². The number of thioether (sulfide) groups is 1. The van der Waals surface area contributed by atoms with Crippen LogP contribution in [-0.2, 0) is 16.2 Å². The molecule has 2 aliphatic heterocycles. The number of carbonyl (C=O) groups is 2. The van der Waals surface area contributed by atoms with Gasteiger partial charge < -0.3 is 9.80 Å². The highest BCUT2D eigenvalue weighted by Crippen LogP contribution is 2.55. The van der Waals surface area contributed by atoms with E-state index >= 15 is 0 Å². The van der Waals surface area contributed by atoms with Crippen molar-refractivity contribution in [1.82, 2.24) is 4.90 Å². The van der Waals surface area contributed by atoms with Gasteiger partial charge in [0.1, 0.15) is 11.6 Å². The van der Waals surface area contributed by atoms with Gasteiger partial charge in [-0.3, -0.25) is 9.59 Å². The molecule has 1 saturated heterocycles. The Hall–Kier alpha value is -2.90. The van der Waals surface area contributed by atoms with Crippen LogP contribution in [0.25, 0.3) is 0 Å². The molecule has 0 radical (unpaired) electrons. The predicted molar refractivity (Wildman–Crippen MR) is 121 cm³/mol. The maximum absolute atomic E-state index is 14.4. The minimum atomic E-state index is -1.38. The van der Waals surface area contributed by atoms with Gasteiger partial charge in [-0.15, -0.1) is 11.8 Å². The molecule has 32 heavy (non-hydrogen) atoms. The molecule has 0 aromatic heterocycles. The zero-order valence-corrected chi connectivity index (χ0v) is 18.3. The van der Waals surface area contributed by atoms with Crippen LogP contribution in [0.1, 0.15) is 21.5 Å². The molecule has 1 spiro atoms. The Balaban J connectivity index is 1.63. The number of carbonyl (C=O) groups excluding carboxylic acids is 2. The van der Waals surface area contributed by atoms with Gasteiger partial charge in [0.2, 0.25) is 0 Å². The summed E-state index contributed by atoms with van der Waals surface area (Å²) in [6, 6.07) is 17.0. The highest BCUT2D eigenvalue weighted by atomic mass is 35.5. The summed E-state index contributed by atoms with van der Waals surface area (Å²) in [7, 11) is 0. The van der Waals surface area contributed by atoms with E-state index < -0.39 is 22.4 Å². The van der Waals surface area contributed by atoms with Gasteiger partial charge in [0.15, 0.2) is 4.87 Å². The third kappa shape index (κ3) is 3.11. The van der Waals surface area contributed by atoms with Crippen molar-refractivity contribution in [1.29, 1.82) is 0 Å². The van der Waals surface area contributed by atoms with Crippen molar-refractivity contribution in [3.8, 4) is 0 Å². The summed E-state index contributed by atoms with van der Waals surface area (Å²) >= 11 is 7.58. The van der Waals surface area contributed by atoms with Crippen LogP contribution in [0.3, 0.4) is 0 Å². The Kier molecular flexibility index (Phi) is 5.18. The predicted octanol–water partition coefficient (Wildman–Crippen LogP) is 5.21. The van der Waals surface area contributed by atoms with E-state index in [0.717, 1.165) is 0 Å². The number of fused-ring (bicyclic) bond motifs is 2. The first-order valence-electron chi connectivity index (χ1n) is 9.99. The lowest BCUT2D eigenvalue weighted by atomic mass is 10.0. The fraction of sp³-hybridized carbons (Fsp3) is 0.167. The molecule has 8 heteroatoms. The number of hydrogen-bond donors (Lipinski definition) is 0. The second kappa shape index (κ2) is 7.90. The SMILES string of the molecule is O=C(c1ccccc1F)N1CCSC12C(=O)N(Cc1ccccc1F)c1ccc(Cl)cc12. The van der Waals surface area contributed by atoms with E-state index in [1.165, 1.54) is 45.8 Å². The van der Waals surface area contributed by atoms with E-state index in [0.29, 0.717) is 27.6 Å². The van der Waals surface area contributed by atoms with Crippen molar-refractivity contribution >= 4 is 40.9 Å². The van der Waals surface area contributed by atoms with Gasteiger partial charge in [-0.05, 0) is 36.4 Å². The molecular formula is C24H17ClF2N2O2S. The number of amides is 2. The molecule has 0 aliphatic carbocycles. The molecule has 1 unspecified atom stereocenters. The van der Waals surface area contributed by atoms with Gasteiger partial charge in [0.05, 0.1) is 17.8 Å². The van der Waals surface area contributed by atoms with Crippen LogP contribution in [0.5, 0.6) is 0 Å². The summed E-state index contributed by atoms with van der Waals surface area (Å²) in [6.45, 7) is 0.271. The van der Waals surface area contributed by atoms with Gasteiger partial charge in [0.25, 0.3) is 11.8 Å². The summed E-state index contributed by atoms with van der Waals surface area (Å²) in [4.78, 5) is 28.8. The summed E-state index contributed by atoms with van der Waals surface area (Å²) < 4.78 is 28.8. The molecule has 0 bridgehead atoms. The average Bonchev–Trinajstić information content (AvgIpc) is 3.32. The number of halogens is 3. The van der Waals surface area contributed by atoms with Gasteiger partial charge >= 0.3 is 0 Å². The smallest absolute Gasteiger partial charge is 0.268 e. The topological polar surface area (TPSA) is 40.6 Å². The normalized spacial score (nSPS) is 19.7. The molecule has 1 fully saturated rings. The molecule has 1 atom stereocenters. The summed E-state index contributed by atoms with van der Waals surface area (Å²) in [5.74, 6) is -1.52. The number of anilines is 1. The quantitative estimate of drug-likeness (QED) is 0.528. The number of hydrogen-bond acceptors (Lipinski definition) is 3. The van der Waals surface area contributed by atoms with E-state index in [1.807, 2.05) is 0 Å². The Bertz CT molecular complexity index is 1250. The van der Waals surface area contributed by atoms with Gasteiger partial charge in [0, 0.05) is 28.4 Å². The zero-order chi connectivity index (χ0) is 22.5. The Morgan fingerprint density at radius 3 is 2.50 bits per heavy atom. The Morgan fingerprint density at radius 2 is 1.75 bits per heavy atom. The van der Waals surface area contributed by atoms with E-state index in [1.54, 1.807) is 42.5 Å². The standard InChI is InChI=1S/C24H17ClF2N2O2S/c25-16-9-10-21-18(13-16)24(23(31)28(21)14-15-5-1-3-7-19(15)26)29(11-12-32-24)22(30)17-6-2-4-8-20(17)27/h1-10,13H,11-12,14H2.